The van der Waals surface area contributed by atoms with E-state index in [1.165, 1.54) is 0 Å². The first-order valence-corrected chi connectivity index (χ1v) is 17.5. The lowest BCUT2D eigenvalue weighted by Gasteiger charge is -2.11. The fraction of sp³-hybridized carbons (Fsp3) is 0. The molecule has 252 valence electrons. The molecule has 54 heavy (non-hydrogen) atoms. The number of benzene rings is 5. The highest BCUT2D eigenvalue weighted by Crippen LogP contribution is 2.39. The summed E-state index contributed by atoms with van der Waals surface area (Å²) in [5, 5.41) is 4.11. The summed E-state index contributed by atoms with van der Waals surface area (Å²) < 4.78 is 12.5. The molecule has 0 saturated carbocycles. The number of oxazole rings is 1. The van der Waals surface area contributed by atoms with Crippen molar-refractivity contribution in [3.63, 3.8) is 0 Å². The molecule has 11 rings (SSSR count). The van der Waals surface area contributed by atoms with Crippen LogP contribution >= 0.6 is 0 Å². The van der Waals surface area contributed by atoms with Crippen LogP contribution in [0.1, 0.15) is 0 Å². The second kappa shape index (κ2) is 12.0. The van der Waals surface area contributed by atoms with Gasteiger partial charge in [-0.05, 0) is 76.5 Å². The van der Waals surface area contributed by atoms with Crippen molar-refractivity contribution in [2.75, 3.05) is 0 Å². The van der Waals surface area contributed by atoms with Gasteiger partial charge >= 0.3 is 0 Å². The average molecular weight is 696 g/mol. The van der Waals surface area contributed by atoms with E-state index in [4.69, 9.17) is 28.8 Å². The van der Waals surface area contributed by atoms with Gasteiger partial charge in [-0.3, -0.25) is 15.0 Å². The number of para-hydroxylation sites is 1. The molecular formula is C45H25N7O2. The molecular weight excluding hydrogens is 671 g/mol. The van der Waals surface area contributed by atoms with Crippen LogP contribution < -0.4 is 0 Å². The molecule has 6 heterocycles. The van der Waals surface area contributed by atoms with Gasteiger partial charge in [0.05, 0.1) is 16.4 Å². The molecule has 0 radical (unpaired) electrons. The summed E-state index contributed by atoms with van der Waals surface area (Å²) in [6, 6.07) is 42.3. The highest BCUT2D eigenvalue weighted by atomic mass is 16.4. The van der Waals surface area contributed by atoms with E-state index in [-0.39, 0.29) is 0 Å². The molecule has 9 nitrogen and oxygen atoms in total. The fourth-order valence-electron chi connectivity index (χ4n) is 7.28. The maximum absolute atomic E-state index is 6.42. The number of hydrogen-bond donors (Lipinski definition) is 0. The quantitative estimate of drug-likeness (QED) is 0.173. The topological polar surface area (TPSA) is 117 Å². The van der Waals surface area contributed by atoms with Gasteiger partial charge in [-0.2, -0.15) is 0 Å². The van der Waals surface area contributed by atoms with E-state index in [1.54, 1.807) is 24.8 Å². The zero-order valence-electron chi connectivity index (χ0n) is 28.4. The Morgan fingerprint density at radius 2 is 1.07 bits per heavy atom. The monoisotopic (exact) mass is 695 g/mol. The average Bonchev–Trinajstić information content (AvgIpc) is 3.85. The van der Waals surface area contributed by atoms with Gasteiger partial charge in [-0.1, -0.05) is 72.8 Å². The summed E-state index contributed by atoms with van der Waals surface area (Å²) in [7, 11) is 0. The van der Waals surface area contributed by atoms with Crippen LogP contribution in [0.5, 0.6) is 0 Å². The predicted molar refractivity (Wildman–Crippen MR) is 210 cm³/mol. The summed E-state index contributed by atoms with van der Waals surface area (Å²) in [4.78, 5) is 33.1. The molecule has 0 N–H and O–H groups in total. The van der Waals surface area contributed by atoms with Gasteiger partial charge in [-0.15, -0.1) is 0 Å². The minimum atomic E-state index is 0.518. The van der Waals surface area contributed by atoms with Gasteiger partial charge < -0.3 is 8.83 Å². The molecule has 0 amide bonds. The highest BCUT2D eigenvalue weighted by Gasteiger charge is 2.19. The van der Waals surface area contributed by atoms with Gasteiger partial charge in [0, 0.05) is 52.4 Å². The first-order valence-electron chi connectivity index (χ1n) is 17.5. The Kier molecular flexibility index (Phi) is 6.65. The minimum absolute atomic E-state index is 0.518. The van der Waals surface area contributed by atoms with Crippen molar-refractivity contribution in [2.45, 2.75) is 0 Å². The SMILES string of the molecule is c1cnc2c(-c3nc(-c4ccncc4)nc(-c4ccc(-c5cccc6c(-c7nc8c(ccc9oc%10ccccc%10c98)o7)cccc56)cc4)n3)ccnc2c1. The zero-order valence-corrected chi connectivity index (χ0v) is 28.4. The molecule has 0 spiro atoms. The number of furan rings is 1. The van der Waals surface area contributed by atoms with Crippen LogP contribution in [0.3, 0.4) is 0 Å². The molecule has 0 unspecified atom stereocenters. The molecule has 0 aliphatic carbocycles. The maximum Gasteiger partial charge on any atom is 0.227 e. The Bertz CT molecular complexity index is 3220. The molecule has 6 aromatic heterocycles. The zero-order chi connectivity index (χ0) is 35.6. The summed E-state index contributed by atoms with van der Waals surface area (Å²) in [6.07, 6.45) is 6.97. The number of nitrogens with zero attached hydrogens (tertiary/aromatic N) is 7. The van der Waals surface area contributed by atoms with Gasteiger partial charge in [0.25, 0.3) is 0 Å². The van der Waals surface area contributed by atoms with Crippen LogP contribution in [0.15, 0.2) is 161 Å². The highest BCUT2D eigenvalue weighted by molar-refractivity contribution is 6.17. The summed E-state index contributed by atoms with van der Waals surface area (Å²) in [5.74, 6) is 2.18. The van der Waals surface area contributed by atoms with E-state index in [0.717, 1.165) is 88.2 Å². The standard InChI is InChI=1S/C45H25N7O2/c1-2-12-36-33(6-1)39-37(53-36)17-18-38-41(39)49-45(54-38)32-10-4-8-30-29(7-3-9-31(30)32)26-13-15-27(16-14-26)42-50-43(28-19-23-46-24-20-28)52-44(51-42)34-21-25-47-35-11-5-22-48-40(34)35/h1-25H. The second-order valence-corrected chi connectivity index (χ2v) is 13.0. The van der Waals surface area contributed by atoms with Crippen molar-refractivity contribution < 1.29 is 8.83 Å². The molecule has 0 aliphatic rings. The lowest BCUT2D eigenvalue weighted by atomic mass is 9.95. The predicted octanol–water partition coefficient (Wildman–Crippen LogP) is 10.7. The third-order valence-electron chi connectivity index (χ3n) is 9.82. The van der Waals surface area contributed by atoms with Crippen molar-refractivity contribution in [2.24, 2.45) is 0 Å². The largest absolute Gasteiger partial charge is 0.456 e. The van der Waals surface area contributed by atoms with Crippen LogP contribution in [0.2, 0.25) is 0 Å². The Balaban J connectivity index is 1.00. The van der Waals surface area contributed by atoms with Crippen LogP contribution in [0, 0.1) is 0 Å². The smallest absolute Gasteiger partial charge is 0.227 e. The fourth-order valence-corrected chi connectivity index (χ4v) is 7.28. The van der Waals surface area contributed by atoms with Crippen LogP contribution in [0.4, 0.5) is 0 Å². The maximum atomic E-state index is 6.42. The lowest BCUT2D eigenvalue weighted by molar-refractivity contribution is 0.620. The molecule has 0 fully saturated rings. The third kappa shape index (κ3) is 4.83. The Morgan fingerprint density at radius 1 is 0.370 bits per heavy atom. The Morgan fingerprint density at radius 3 is 1.93 bits per heavy atom. The summed E-state index contributed by atoms with van der Waals surface area (Å²) in [5.41, 5.74) is 10.2. The van der Waals surface area contributed by atoms with Gasteiger partial charge in [-0.25, -0.2) is 19.9 Å². The molecule has 11 aromatic rings. The number of pyridine rings is 3. The molecule has 5 aromatic carbocycles. The molecule has 0 aliphatic heterocycles. The third-order valence-corrected chi connectivity index (χ3v) is 9.82. The van der Waals surface area contributed by atoms with Crippen molar-refractivity contribution >= 4 is 54.8 Å². The Hall–Kier alpha value is -7.65. The van der Waals surface area contributed by atoms with Crippen LogP contribution in [0.25, 0.3) is 112 Å². The number of aromatic nitrogens is 7. The minimum Gasteiger partial charge on any atom is -0.456 e. The normalized spacial score (nSPS) is 11.7. The van der Waals surface area contributed by atoms with Gasteiger partial charge in [0.1, 0.15) is 16.7 Å². The van der Waals surface area contributed by atoms with E-state index < -0.39 is 0 Å². The number of rotatable bonds is 5. The van der Waals surface area contributed by atoms with E-state index in [1.807, 2.05) is 60.7 Å². The Labute approximate surface area is 306 Å². The van der Waals surface area contributed by atoms with E-state index in [0.29, 0.717) is 23.4 Å². The van der Waals surface area contributed by atoms with Crippen molar-refractivity contribution in [3.05, 3.63) is 152 Å². The first kappa shape index (κ1) is 30.0. The van der Waals surface area contributed by atoms with Crippen molar-refractivity contribution in [1.82, 2.24) is 34.9 Å². The number of hydrogen-bond acceptors (Lipinski definition) is 9. The lowest BCUT2D eigenvalue weighted by Crippen LogP contribution is -2.01. The number of fused-ring (bicyclic) bond motifs is 7. The first-order chi connectivity index (χ1) is 26.7. The molecule has 0 saturated heterocycles. The van der Waals surface area contributed by atoms with Gasteiger partial charge in [0.15, 0.2) is 23.1 Å². The molecule has 0 atom stereocenters. The van der Waals surface area contributed by atoms with Crippen LogP contribution in [-0.4, -0.2) is 34.9 Å². The molecule has 0 bridgehead atoms. The molecule has 9 heteroatoms. The van der Waals surface area contributed by atoms with E-state index in [2.05, 4.69) is 81.7 Å². The second-order valence-electron chi connectivity index (χ2n) is 13.0. The van der Waals surface area contributed by atoms with E-state index >= 15 is 0 Å². The van der Waals surface area contributed by atoms with E-state index in [9.17, 15) is 0 Å². The van der Waals surface area contributed by atoms with Crippen molar-refractivity contribution in [1.29, 1.82) is 0 Å². The van der Waals surface area contributed by atoms with Crippen molar-refractivity contribution in [3.8, 4) is 56.7 Å². The van der Waals surface area contributed by atoms with Crippen LogP contribution in [-0.2, 0) is 0 Å². The van der Waals surface area contributed by atoms with Gasteiger partial charge in [0.2, 0.25) is 5.89 Å². The summed E-state index contributed by atoms with van der Waals surface area (Å²) in [6.45, 7) is 0. The summed E-state index contributed by atoms with van der Waals surface area (Å²) >= 11 is 0.